The van der Waals surface area contributed by atoms with Crippen molar-refractivity contribution in [3.8, 4) is 6.07 Å². The Kier molecular flexibility index (Phi) is 5.47. The van der Waals surface area contributed by atoms with Crippen LogP contribution < -0.4 is 0 Å². The predicted octanol–water partition coefficient (Wildman–Crippen LogP) is 3.08. The predicted molar refractivity (Wildman–Crippen MR) is 98.2 cm³/mol. The van der Waals surface area contributed by atoms with E-state index in [4.69, 9.17) is 5.26 Å². The van der Waals surface area contributed by atoms with E-state index in [-0.39, 0.29) is 5.91 Å². The van der Waals surface area contributed by atoms with Gasteiger partial charge in [0.1, 0.15) is 0 Å². The van der Waals surface area contributed by atoms with Gasteiger partial charge in [0.25, 0.3) is 5.91 Å². The molecule has 25 heavy (non-hydrogen) atoms. The van der Waals surface area contributed by atoms with Gasteiger partial charge >= 0.3 is 0 Å². The summed E-state index contributed by atoms with van der Waals surface area (Å²) < 4.78 is 0. The van der Waals surface area contributed by atoms with Crippen LogP contribution in [0.4, 0.5) is 0 Å². The van der Waals surface area contributed by atoms with Gasteiger partial charge in [0.15, 0.2) is 0 Å². The fourth-order valence-electron chi connectivity index (χ4n) is 3.17. The lowest BCUT2D eigenvalue weighted by Gasteiger charge is -2.34. The first-order valence-electron chi connectivity index (χ1n) is 8.79. The van der Waals surface area contributed by atoms with Gasteiger partial charge in [-0.3, -0.25) is 9.69 Å². The third-order valence-corrected chi connectivity index (χ3v) is 4.73. The van der Waals surface area contributed by atoms with Crippen molar-refractivity contribution in [1.29, 1.82) is 5.26 Å². The molecule has 2 aromatic carbocycles. The zero-order chi connectivity index (χ0) is 17.6. The SMILES string of the molecule is CCc1ccc(C(=O)N2CCN(Cc3cccc(C#N)c3)CC2)cc1. The molecule has 0 unspecified atom stereocenters. The molecule has 1 fully saturated rings. The Balaban J connectivity index is 1.55. The van der Waals surface area contributed by atoms with Gasteiger partial charge in [0, 0.05) is 38.3 Å². The van der Waals surface area contributed by atoms with Crippen LogP contribution in [0.25, 0.3) is 0 Å². The second kappa shape index (κ2) is 7.96. The second-order valence-corrected chi connectivity index (χ2v) is 6.43. The number of carbonyl (C=O) groups is 1. The summed E-state index contributed by atoms with van der Waals surface area (Å²) in [6.07, 6.45) is 0.986. The van der Waals surface area contributed by atoms with Gasteiger partial charge < -0.3 is 4.90 Å². The Labute approximate surface area is 149 Å². The molecule has 1 aliphatic rings. The summed E-state index contributed by atoms with van der Waals surface area (Å²) in [5.74, 6) is 0.119. The lowest BCUT2D eigenvalue weighted by atomic mass is 10.1. The Morgan fingerprint density at radius 1 is 1.04 bits per heavy atom. The van der Waals surface area contributed by atoms with Crippen LogP contribution in [-0.4, -0.2) is 41.9 Å². The molecule has 0 N–H and O–H groups in total. The van der Waals surface area contributed by atoms with Crippen LogP contribution in [-0.2, 0) is 13.0 Å². The molecule has 4 nitrogen and oxygen atoms in total. The van der Waals surface area contributed by atoms with E-state index >= 15 is 0 Å². The monoisotopic (exact) mass is 333 g/mol. The van der Waals surface area contributed by atoms with Crippen molar-refractivity contribution >= 4 is 5.91 Å². The largest absolute Gasteiger partial charge is 0.336 e. The highest BCUT2D eigenvalue weighted by Crippen LogP contribution is 2.13. The van der Waals surface area contributed by atoms with Crippen molar-refractivity contribution in [2.45, 2.75) is 19.9 Å². The molecule has 0 aliphatic carbocycles. The van der Waals surface area contributed by atoms with E-state index in [0.717, 1.165) is 50.3 Å². The first kappa shape index (κ1) is 17.2. The third kappa shape index (κ3) is 4.26. The lowest BCUT2D eigenvalue weighted by molar-refractivity contribution is 0.0628. The van der Waals surface area contributed by atoms with Crippen LogP contribution >= 0.6 is 0 Å². The molecule has 3 rings (SSSR count). The van der Waals surface area contributed by atoms with Gasteiger partial charge in [-0.25, -0.2) is 0 Å². The highest BCUT2D eigenvalue weighted by molar-refractivity contribution is 5.94. The number of piperazine rings is 1. The number of benzene rings is 2. The zero-order valence-electron chi connectivity index (χ0n) is 14.6. The summed E-state index contributed by atoms with van der Waals surface area (Å²) in [5, 5.41) is 9.00. The molecule has 1 heterocycles. The first-order chi connectivity index (χ1) is 12.2. The van der Waals surface area contributed by atoms with Crippen molar-refractivity contribution in [3.63, 3.8) is 0 Å². The fourth-order valence-corrected chi connectivity index (χ4v) is 3.17. The molecule has 1 aliphatic heterocycles. The minimum atomic E-state index is 0.119. The van der Waals surface area contributed by atoms with E-state index in [1.807, 2.05) is 53.4 Å². The Bertz CT molecular complexity index is 768. The van der Waals surface area contributed by atoms with E-state index in [1.165, 1.54) is 5.56 Å². The van der Waals surface area contributed by atoms with Gasteiger partial charge in [-0.15, -0.1) is 0 Å². The van der Waals surface area contributed by atoms with Gasteiger partial charge in [0.2, 0.25) is 0 Å². The minimum absolute atomic E-state index is 0.119. The smallest absolute Gasteiger partial charge is 0.253 e. The third-order valence-electron chi connectivity index (χ3n) is 4.73. The van der Waals surface area contributed by atoms with Crippen molar-refractivity contribution in [1.82, 2.24) is 9.80 Å². The van der Waals surface area contributed by atoms with Crippen LogP contribution in [0.2, 0.25) is 0 Å². The molecule has 0 bridgehead atoms. The molecule has 0 aromatic heterocycles. The molecular weight excluding hydrogens is 310 g/mol. The van der Waals surface area contributed by atoms with Gasteiger partial charge in [0.05, 0.1) is 11.6 Å². The van der Waals surface area contributed by atoms with E-state index in [9.17, 15) is 4.79 Å². The average molecular weight is 333 g/mol. The number of rotatable bonds is 4. The van der Waals surface area contributed by atoms with Crippen molar-refractivity contribution in [2.24, 2.45) is 0 Å². The van der Waals surface area contributed by atoms with Crippen molar-refractivity contribution in [3.05, 3.63) is 70.8 Å². The number of nitrogens with zero attached hydrogens (tertiary/aromatic N) is 3. The summed E-state index contributed by atoms with van der Waals surface area (Å²) in [7, 11) is 0. The number of amides is 1. The number of hydrogen-bond donors (Lipinski definition) is 0. The van der Waals surface area contributed by atoms with Crippen LogP contribution in [0.5, 0.6) is 0 Å². The number of nitriles is 1. The van der Waals surface area contributed by atoms with E-state index in [1.54, 1.807) is 0 Å². The summed E-state index contributed by atoms with van der Waals surface area (Å²) in [6, 6.07) is 17.8. The maximum absolute atomic E-state index is 12.6. The van der Waals surface area contributed by atoms with Crippen LogP contribution in [0, 0.1) is 11.3 Å². The highest BCUT2D eigenvalue weighted by atomic mass is 16.2. The molecule has 0 atom stereocenters. The maximum Gasteiger partial charge on any atom is 0.253 e. The van der Waals surface area contributed by atoms with Crippen LogP contribution in [0.3, 0.4) is 0 Å². The summed E-state index contributed by atoms with van der Waals surface area (Å²) >= 11 is 0. The van der Waals surface area contributed by atoms with Gasteiger partial charge in [-0.2, -0.15) is 5.26 Å². The average Bonchev–Trinajstić information content (AvgIpc) is 2.68. The molecule has 2 aromatic rings. The normalized spacial score (nSPS) is 15.0. The van der Waals surface area contributed by atoms with Crippen molar-refractivity contribution in [2.75, 3.05) is 26.2 Å². The summed E-state index contributed by atoms with van der Waals surface area (Å²) in [6.45, 7) is 6.13. The van der Waals surface area contributed by atoms with E-state index < -0.39 is 0 Å². The molecule has 0 saturated carbocycles. The molecule has 128 valence electrons. The van der Waals surface area contributed by atoms with E-state index in [2.05, 4.69) is 17.9 Å². The molecule has 1 saturated heterocycles. The van der Waals surface area contributed by atoms with Gasteiger partial charge in [-0.1, -0.05) is 31.2 Å². The Morgan fingerprint density at radius 3 is 2.40 bits per heavy atom. The summed E-state index contributed by atoms with van der Waals surface area (Å²) in [4.78, 5) is 16.9. The first-order valence-corrected chi connectivity index (χ1v) is 8.79. The quantitative estimate of drug-likeness (QED) is 0.864. The number of carbonyl (C=O) groups excluding carboxylic acids is 1. The van der Waals surface area contributed by atoms with Crippen LogP contribution in [0.1, 0.15) is 34.0 Å². The summed E-state index contributed by atoms with van der Waals surface area (Å²) in [5.41, 5.74) is 3.86. The Morgan fingerprint density at radius 2 is 1.76 bits per heavy atom. The van der Waals surface area contributed by atoms with Gasteiger partial charge in [-0.05, 0) is 41.8 Å². The zero-order valence-corrected chi connectivity index (χ0v) is 14.6. The maximum atomic E-state index is 12.6. The number of aryl methyl sites for hydroxylation is 1. The molecule has 4 heteroatoms. The molecule has 0 radical (unpaired) electrons. The molecular formula is C21H23N3O. The molecule has 1 amide bonds. The van der Waals surface area contributed by atoms with Crippen molar-refractivity contribution < 1.29 is 4.79 Å². The second-order valence-electron chi connectivity index (χ2n) is 6.43. The van der Waals surface area contributed by atoms with Crippen LogP contribution in [0.15, 0.2) is 48.5 Å². The topological polar surface area (TPSA) is 47.3 Å². The standard InChI is InChI=1S/C21H23N3O/c1-2-17-6-8-20(9-7-17)21(25)24-12-10-23(11-13-24)16-19-5-3-4-18(14-19)15-22/h3-9,14H,2,10-13,16H2,1H3. The molecule has 0 spiro atoms. The Hall–Kier alpha value is -2.64. The minimum Gasteiger partial charge on any atom is -0.336 e. The number of hydrogen-bond acceptors (Lipinski definition) is 3. The lowest BCUT2D eigenvalue weighted by Crippen LogP contribution is -2.48. The van der Waals surface area contributed by atoms with E-state index in [0.29, 0.717) is 5.56 Å². The highest BCUT2D eigenvalue weighted by Gasteiger charge is 2.22. The fraction of sp³-hybridized carbons (Fsp3) is 0.333.